The predicted molar refractivity (Wildman–Crippen MR) is 70.2 cm³/mol. The van der Waals surface area contributed by atoms with Crippen LogP contribution in [0, 0.1) is 0 Å². The van der Waals surface area contributed by atoms with Gasteiger partial charge in [0.2, 0.25) is 0 Å². The SMILES string of the molecule is CC(=O)OC[C@H]1OC(Br)[C@H](OC(C)=O)[C@@H](OC(C)=O)[C@H]1F. The first-order chi connectivity index (χ1) is 9.72. The van der Waals surface area contributed by atoms with E-state index in [9.17, 15) is 18.8 Å². The maximum atomic E-state index is 14.4. The van der Waals surface area contributed by atoms with Gasteiger partial charge in [-0.15, -0.1) is 0 Å². The summed E-state index contributed by atoms with van der Waals surface area (Å²) in [6, 6.07) is 0. The molecule has 7 nitrogen and oxygen atoms in total. The van der Waals surface area contributed by atoms with Gasteiger partial charge in [0.1, 0.15) is 12.7 Å². The van der Waals surface area contributed by atoms with Gasteiger partial charge in [-0.2, -0.15) is 0 Å². The third kappa shape index (κ3) is 5.24. The van der Waals surface area contributed by atoms with E-state index in [-0.39, 0.29) is 6.61 Å². The van der Waals surface area contributed by atoms with Crippen molar-refractivity contribution in [1.29, 1.82) is 0 Å². The number of rotatable bonds is 4. The average Bonchev–Trinajstić information content (AvgIpc) is 2.35. The Kier molecular flexibility index (Phi) is 6.53. The van der Waals surface area contributed by atoms with Gasteiger partial charge in [0.05, 0.1) is 0 Å². The number of alkyl halides is 2. The van der Waals surface area contributed by atoms with Crippen molar-refractivity contribution >= 4 is 33.8 Å². The van der Waals surface area contributed by atoms with Gasteiger partial charge in [0, 0.05) is 20.8 Å². The van der Waals surface area contributed by atoms with Gasteiger partial charge in [-0.25, -0.2) is 4.39 Å². The van der Waals surface area contributed by atoms with E-state index >= 15 is 0 Å². The van der Waals surface area contributed by atoms with Crippen molar-refractivity contribution in [2.45, 2.75) is 50.3 Å². The highest BCUT2D eigenvalue weighted by Crippen LogP contribution is 2.31. The lowest BCUT2D eigenvalue weighted by molar-refractivity contribution is -0.216. The fourth-order valence-corrected chi connectivity index (χ4v) is 2.51. The monoisotopic (exact) mass is 370 g/mol. The molecule has 0 spiro atoms. The topological polar surface area (TPSA) is 88.1 Å². The fourth-order valence-electron chi connectivity index (χ4n) is 1.83. The number of ether oxygens (including phenoxy) is 4. The van der Waals surface area contributed by atoms with Crippen LogP contribution in [-0.2, 0) is 33.3 Å². The van der Waals surface area contributed by atoms with E-state index in [1.165, 1.54) is 6.92 Å². The lowest BCUT2D eigenvalue weighted by Crippen LogP contribution is -2.58. The largest absolute Gasteiger partial charge is 0.463 e. The summed E-state index contributed by atoms with van der Waals surface area (Å²) >= 11 is 3.09. The Morgan fingerprint density at radius 2 is 1.57 bits per heavy atom. The summed E-state index contributed by atoms with van der Waals surface area (Å²) in [4.78, 5) is 32.9. The van der Waals surface area contributed by atoms with Crippen molar-refractivity contribution in [2.24, 2.45) is 0 Å². The smallest absolute Gasteiger partial charge is 0.303 e. The maximum absolute atomic E-state index is 14.4. The molecule has 0 aromatic heterocycles. The van der Waals surface area contributed by atoms with Crippen LogP contribution in [0.3, 0.4) is 0 Å². The fraction of sp³-hybridized carbons (Fsp3) is 0.750. The van der Waals surface area contributed by atoms with Crippen molar-refractivity contribution < 1.29 is 37.7 Å². The summed E-state index contributed by atoms with van der Waals surface area (Å²) in [5.41, 5.74) is 0. The second kappa shape index (κ2) is 7.69. The van der Waals surface area contributed by atoms with Crippen LogP contribution >= 0.6 is 15.9 Å². The molecule has 0 saturated carbocycles. The second-order valence-electron chi connectivity index (χ2n) is 4.42. The summed E-state index contributed by atoms with van der Waals surface area (Å²) in [5.74, 6) is -1.99. The second-order valence-corrected chi connectivity index (χ2v) is 5.32. The van der Waals surface area contributed by atoms with E-state index in [0.29, 0.717) is 0 Å². The van der Waals surface area contributed by atoms with Crippen molar-refractivity contribution in [2.75, 3.05) is 6.61 Å². The first-order valence-corrected chi connectivity index (χ1v) is 7.05. The van der Waals surface area contributed by atoms with Crippen LogP contribution in [0.15, 0.2) is 0 Å². The number of carbonyl (C=O) groups excluding carboxylic acids is 3. The Bertz CT molecular complexity index is 416. The zero-order valence-electron chi connectivity index (χ0n) is 11.7. The number of hydrogen-bond acceptors (Lipinski definition) is 7. The first kappa shape index (κ1) is 17.8. The van der Waals surface area contributed by atoms with Crippen LogP contribution < -0.4 is 0 Å². The molecule has 5 atom stereocenters. The normalized spacial score (nSPS) is 32.1. The van der Waals surface area contributed by atoms with Gasteiger partial charge in [-0.1, -0.05) is 15.9 Å². The number of hydrogen-bond donors (Lipinski definition) is 0. The van der Waals surface area contributed by atoms with E-state index < -0.39 is 47.4 Å². The molecular formula is C12H16BrFO7. The Morgan fingerprint density at radius 3 is 2.05 bits per heavy atom. The molecule has 0 aromatic rings. The van der Waals surface area contributed by atoms with Crippen LogP contribution in [0.5, 0.6) is 0 Å². The molecule has 1 saturated heterocycles. The highest BCUT2D eigenvalue weighted by molar-refractivity contribution is 9.09. The van der Waals surface area contributed by atoms with E-state index in [4.69, 9.17) is 18.9 Å². The van der Waals surface area contributed by atoms with Gasteiger partial charge >= 0.3 is 17.9 Å². The molecule has 9 heteroatoms. The highest BCUT2D eigenvalue weighted by Gasteiger charge is 2.49. The summed E-state index contributed by atoms with van der Waals surface area (Å²) in [6.45, 7) is 3.08. The third-order valence-corrected chi connectivity index (χ3v) is 3.35. The van der Waals surface area contributed by atoms with Crippen LogP contribution in [0.1, 0.15) is 20.8 Å². The molecule has 0 aliphatic carbocycles. The zero-order chi connectivity index (χ0) is 16.2. The van der Waals surface area contributed by atoms with E-state index in [2.05, 4.69) is 15.9 Å². The third-order valence-electron chi connectivity index (χ3n) is 2.61. The Morgan fingerprint density at radius 1 is 1.05 bits per heavy atom. The van der Waals surface area contributed by atoms with Gasteiger partial charge in [-0.05, 0) is 0 Å². The molecule has 120 valence electrons. The molecular weight excluding hydrogens is 355 g/mol. The Balaban J connectivity index is 2.87. The molecule has 0 amide bonds. The van der Waals surface area contributed by atoms with Gasteiger partial charge < -0.3 is 18.9 Å². The quantitative estimate of drug-likeness (QED) is 0.412. The molecule has 1 fully saturated rings. The van der Waals surface area contributed by atoms with E-state index in [1.807, 2.05) is 0 Å². The number of esters is 3. The molecule has 0 radical (unpaired) electrons. The maximum Gasteiger partial charge on any atom is 0.303 e. The molecule has 1 aliphatic rings. The van der Waals surface area contributed by atoms with Gasteiger partial charge in [0.15, 0.2) is 23.4 Å². The van der Waals surface area contributed by atoms with Crippen molar-refractivity contribution in [3.63, 3.8) is 0 Å². The molecule has 1 heterocycles. The molecule has 1 rings (SSSR count). The van der Waals surface area contributed by atoms with Crippen LogP contribution in [0.4, 0.5) is 4.39 Å². The van der Waals surface area contributed by atoms with Crippen LogP contribution in [0.25, 0.3) is 0 Å². The first-order valence-electron chi connectivity index (χ1n) is 6.13. The van der Waals surface area contributed by atoms with Crippen molar-refractivity contribution in [3.05, 3.63) is 0 Å². The minimum Gasteiger partial charge on any atom is -0.463 e. The van der Waals surface area contributed by atoms with Crippen LogP contribution in [0.2, 0.25) is 0 Å². The van der Waals surface area contributed by atoms with Gasteiger partial charge in [-0.3, -0.25) is 14.4 Å². The van der Waals surface area contributed by atoms with E-state index in [0.717, 1.165) is 13.8 Å². The van der Waals surface area contributed by atoms with Crippen molar-refractivity contribution in [1.82, 2.24) is 0 Å². The molecule has 0 N–H and O–H groups in total. The van der Waals surface area contributed by atoms with Crippen LogP contribution in [-0.4, -0.2) is 54.0 Å². The summed E-state index contributed by atoms with van der Waals surface area (Å²) in [6.07, 6.45) is -5.46. The highest BCUT2D eigenvalue weighted by atomic mass is 79.9. The predicted octanol–water partition coefficient (Wildman–Crippen LogP) is 0.871. The zero-order valence-corrected chi connectivity index (χ0v) is 13.3. The molecule has 1 unspecified atom stereocenters. The average molecular weight is 371 g/mol. The summed E-state index contributed by atoms with van der Waals surface area (Å²) in [7, 11) is 0. The lowest BCUT2D eigenvalue weighted by Gasteiger charge is -2.40. The molecule has 0 bridgehead atoms. The van der Waals surface area contributed by atoms with Gasteiger partial charge in [0.25, 0.3) is 0 Å². The van der Waals surface area contributed by atoms with Crippen molar-refractivity contribution in [3.8, 4) is 0 Å². The number of halogens is 2. The minimum atomic E-state index is -1.81. The summed E-state index contributed by atoms with van der Waals surface area (Å²) in [5, 5.41) is -0.904. The standard InChI is InChI=1S/C12H16BrFO7/c1-5(15)18-4-8-9(14)10(19-6(2)16)11(12(13)21-8)20-7(3)17/h8-12H,4H2,1-3H3/t8-,9+,10+,11-,12?/m1/s1. The molecule has 0 aromatic carbocycles. The molecule has 1 aliphatic heterocycles. The minimum absolute atomic E-state index is 0.344. The Hall–Kier alpha value is -1.22. The Labute approximate surface area is 129 Å². The summed E-state index contributed by atoms with van der Waals surface area (Å²) < 4.78 is 34.2. The lowest BCUT2D eigenvalue weighted by atomic mass is 10.0. The molecule has 21 heavy (non-hydrogen) atoms. The number of carbonyl (C=O) groups is 3. The van der Waals surface area contributed by atoms with E-state index in [1.54, 1.807) is 0 Å².